The fourth-order valence-corrected chi connectivity index (χ4v) is 5.27. The predicted molar refractivity (Wildman–Crippen MR) is 129 cm³/mol. The molecule has 0 N–H and O–H groups in total. The highest BCUT2D eigenvalue weighted by molar-refractivity contribution is 7.07. The molecule has 8 heteroatoms. The van der Waals surface area contributed by atoms with Crippen LogP contribution in [0.25, 0.3) is 0 Å². The van der Waals surface area contributed by atoms with Crippen molar-refractivity contribution in [2.45, 2.75) is 38.8 Å². The summed E-state index contributed by atoms with van der Waals surface area (Å²) in [7, 11) is 3.89. The van der Waals surface area contributed by atoms with Crippen LogP contribution in [0.4, 0.5) is 0 Å². The van der Waals surface area contributed by atoms with Crippen LogP contribution >= 0.6 is 11.5 Å². The van der Waals surface area contributed by atoms with Gasteiger partial charge in [-0.05, 0) is 80.5 Å². The Morgan fingerprint density at radius 3 is 2.73 bits per heavy atom. The molecule has 1 aliphatic rings. The lowest BCUT2D eigenvalue weighted by atomic mass is 9.84. The maximum atomic E-state index is 12.9. The van der Waals surface area contributed by atoms with E-state index in [1.54, 1.807) is 7.11 Å². The fourth-order valence-electron chi connectivity index (χ4n) is 4.65. The molecule has 0 spiro atoms. The molecule has 3 heterocycles. The van der Waals surface area contributed by atoms with Gasteiger partial charge in [0.2, 0.25) is 0 Å². The minimum atomic E-state index is 0.0622. The number of likely N-dealkylation sites (tertiary alicyclic amines) is 1. The van der Waals surface area contributed by atoms with E-state index < -0.39 is 0 Å². The highest BCUT2D eigenvalue weighted by Gasteiger charge is 2.32. The van der Waals surface area contributed by atoms with Gasteiger partial charge < -0.3 is 9.64 Å². The first-order chi connectivity index (χ1) is 16.0. The zero-order chi connectivity index (χ0) is 23.2. The van der Waals surface area contributed by atoms with E-state index in [1.165, 1.54) is 17.1 Å². The van der Waals surface area contributed by atoms with E-state index in [2.05, 4.69) is 50.8 Å². The topological polar surface area (TPSA) is 71.5 Å². The third-order valence-corrected chi connectivity index (χ3v) is 7.32. The van der Waals surface area contributed by atoms with Gasteiger partial charge in [-0.1, -0.05) is 22.7 Å². The average molecular weight is 466 g/mol. The number of benzene rings is 1. The molecule has 1 atom stereocenters. The molecule has 1 aromatic carbocycles. The van der Waals surface area contributed by atoms with Gasteiger partial charge in [-0.3, -0.25) is 14.7 Å². The lowest BCUT2D eigenvalue weighted by molar-refractivity contribution is 0.0605. The van der Waals surface area contributed by atoms with Crippen LogP contribution in [-0.2, 0) is 13.0 Å². The molecule has 0 saturated carbocycles. The second-order valence-electron chi connectivity index (χ2n) is 8.68. The number of aryl methyl sites for hydroxylation is 1. The summed E-state index contributed by atoms with van der Waals surface area (Å²) in [5.41, 5.74) is 3.05. The molecule has 1 fully saturated rings. The van der Waals surface area contributed by atoms with Gasteiger partial charge in [0.15, 0.2) is 0 Å². The number of methoxy groups -OCH3 is 1. The minimum Gasteiger partial charge on any atom is -0.497 e. The van der Waals surface area contributed by atoms with Crippen LogP contribution in [0.5, 0.6) is 5.75 Å². The number of carbonyl (C=O) groups is 1. The summed E-state index contributed by atoms with van der Waals surface area (Å²) in [5.74, 6) is 1.43. The van der Waals surface area contributed by atoms with Crippen LogP contribution in [-0.4, -0.2) is 63.6 Å². The van der Waals surface area contributed by atoms with E-state index in [-0.39, 0.29) is 5.91 Å². The Bertz CT molecular complexity index is 1050. The first-order valence-electron chi connectivity index (χ1n) is 11.4. The van der Waals surface area contributed by atoms with Crippen molar-refractivity contribution in [3.05, 3.63) is 70.5 Å². The third kappa shape index (κ3) is 5.75. The lowest BCUT2D eigenvalue weighted by Crippen LogP contribution is -2.46. The summed E-state index contributed by atoms with van der Waals surface area (Å²) in [6.07, 6.45) is 4.72. The molecule has 3 aromatic rings. The quantitative estimate of drug-likeness (QED) is 0.503. The van der Waals surface area contributed by atoms with Gasteiger partial charge in [0.25, 0.3) is 5.91 Å². The van der Waals surface area contributed by atoms with Crippen molar-refractivity contribution in [2.75, 3.05) is 27.2 Å². The van der Waals surface area contributed by atoms with Crippen LogP contribution in [0, 0.1) is 12.8 Å². The second-order valence-corrected chi connectivity index (χ2v) is 9.43. The Morgan fingerprint density at radius 1 is 1.24 bits per heavy atom. The smallest absolute Gasteiger partial charge is 0.267 e. The second kappa shape index (κ2) is 10.9. The maximum Gasteiger partial charge on any atom is 0.267 e. The number of ether oxygens (including phenoxy) is 1. The molecule has 2 aromatic heterocycles. The first-order valence-corrected chi connectivity index (χ1v) is 12.1. The number of rotatable bonds is 8. The zero-order valence-corrected chi connectivity index (χ0v) is 20.3. The summed E-state index contributed by atoms with van der Waals surface area (Å²) in [6.45, 7) is 4.15. The van der Waals surface area contributed by atoms with Gasteiger partial charge in [0, 0.05) is 31.9 Å². The molecule has 174 valence electrons. The number of piperidine rings is 1. The van der Waals surface area contributed by atoms with Crippen LogP contribution in [0.3, 0.4) is 0 Å². The molecule has 1 aliphatic heterocycles. The molecular formula is C25H31N5O2S. The molecule has 1 amide bonds. The maximum absolute atomic E-state index is 12.9. The number of amides is 1. The number of likely N-dealkylation sites (N-methyl/N-ethyl adjacent to an activating group) is 1. The number of aromatic nitrogens is 3. The average Bonchev–Trinajstić information content (AvgIpc) is 3.28. The fraction of sp³-hybridized carbons (Fsp3) is 0.440. The highest BCUT2D eigenvalue weighted by Crippen LogP contribution is 2.29. The van der Waals surface area contributed by atoms with Crippen LogP contribution in [0.2, 0.25) is 0 Å². The van der Waals surface area contributed by atoms with E-state index in [1.807, 2.05) is 36.2 Å². The summed E-state index contributed by atoms with van der Waals surface area (Å²) >= 11 is 1.19. The van der Waals surface area contributed by atoms with E-state index in [0.717, 1.165) is 56.0 Å². The molecular weight excluding hydrogens is 434 g/mol. The van der Waals surface area contributed by atoms with Gasteiger partial charge in [0.05, 0.1) is 18.5 Å². The van der Waals surface area contributed by atoms with E-state index in [9.17, 15) is 4.79 Å². The number of hydrogen-bond donors (Lipinski definition) is 0. The third-order valence-electron chi connectivity index (χ3n) is 6.50. The van der Waals surface area contributed by atoms with Gasteiger partial charge in [0.1, 0.15) is 10.6 Å². The molecule has 1 saturated heterocycles. The van der Waals surface area contributed by atoms with Crippen molar-refractivity contribution in [1.29, 1.82) is 0 Å². The summed E-state index contributed by atoms with van der Waals surface area (Å²) < 4.78 is 9.37. The van der Waals surface area contributed by atoms with Crippen molar-refractivity contribution in [3.8, 4) is 5.75 Å². The van der Waals surface area contributed by atoms with Crippen molar-refractivity contribution in [2.24, 2.45) is 5.92 Å². The largest absolute Gasteiger partial charge is 0.497 e. The van der Waals surface area contributed by atoms with E-state index >= 15 is 0 Å². The van der Waals surface area contributed by atoms with Crippen LogP contribution in [0.15, 0.2) is 48.7 Å². The van der Waals surface area contributed by atoms with Gasteiger partial charge in [-0.2, -0.15) is 0 Å². The predicted octanol–water partition coefficient (Wildman–Crippen LogP) is 3.85. The molecule has 7 nitrogen and oxygen atoms in total. The van der Waals surface area contributed by atoms with Crippen LogP contribution < -0.4 is 4.74 Å². The standard InChI is InChI=1S/C25H31N5O2S/c1-18-24(33-28-27-18)25(31)30-13-10-20(11-14-30)23(16-19-7-6-9-22(15-19)32-3)29(2)17-21-8-4-5-12-26-21/h4-9,12,15,20,23H,10-11,13-14,16-17H2,1-3H3/t23-/m0/s1. The number of carbonyl (C=O) groups excluding carboxylic acids is 1. The molecule has 0 bridgehead atoms. The number of nitrogens with zero attached hydrogens (tertiary/aromatic N) is 5. The van der Waals surface area contributed by atoms with Crippen molar-refractivity contribution < 1.29 is 9.53 Å². The molecule has 0 unspecified atom stereocenters. The Morgan fingerprint density at radius 2 is 2.06 bits per heavy atom. The Kier molecular flexibility index (Phi) is 7.67. The Hall–Kier alpha value is -2.84. The SMILES string of the molecule is COc1cccc(C[C@@H](C2CCN(C(=O)c3snnc3C)CC2)N(C)Cc2ccccn2)c1. The van der Waals surface area contributed by atoms with Gasteiger partial charge in [-0.15, -0.1) is 5.10 Å². The first kappa shape index (κ1) is 23.3. The molecule has 0 aliphatic carbocycles. The molecule has 4 rings (SSSR count). The van der Waals surface area contributed by atoms with E-state index in [0.29, 0.717) is 16.8 Å². The van der Waals surface area contributed by atoms with Gasteiger partial charge >= 0.3 is 0 Å². The molecule has 0 radical (unpaired) electrons. The Labute approximate surface area is 199 Å². The minimum absolute atomic E-state index is 0.0622. The Balaban J connectivity index is 1.48. The highest BCUT2D eigenvalue weighted by atomic mass is 32.1. The lowest BCUT2D eigenvalue weighted by Gasteiger charge is -2.40. The van der Waals surface area contributed by atoms with Crippen molar-refractivity contribution in [1.82, 2.24) is 24.4 Å². The number of pyridine rings is 1. The number of hydrogen-bond acceptors (Lipinski definition) is 7. The van der Waals surface area contributed by atoms with Gasteiger partial charge in [-0.25, -0.2) is 0 Å². The zero-order valence-electron chi connectivity index (χ0n) is 19.5. The van der Waals surface area contributed by atoms with Crippen molar-refractivity contribution >= 4 is 17.4 Å². The monoisotopic (exact) mass is 465 g/mol. The van der Waals surface area contributed by atoms with Crippen LogP contribution in [0.1, 0.15) is 39.5 Å². The summed E-state index contributed by atoms with van der Waals surface area (Å²) in [6, 6.07) is 14.7. The van der Waals surface area contributed by atoms with E-state index in [4.69, 9.17) is 4.74 Å². The summed E-state index contributed by atoms with van der Waals surface area (Å²) in [5, 5.41) is 4.00. The van der Waals surface area contributed by atoms with Crippen molar-refractivity contribution in [3.63, 3.8) is 0 Å². The summed E-state index contributed by atoms with van der Waals surface area (Å²) in [4.78, 5) is 22.5. The normalized spacial score (nSPS) is 15.6. The molecule has 33 heavy (non-hydrogen) atoms.